The highest BCUT2D eigenvalue weighted by molar-refractivity contribution is 5.95. The number of hydrogen-bond acceptors (Lipinski definition) is 2. The fourth-order valence-electron chi connectivity index (χ4n) is 1.64. The van der Waals surface area contributed by atoms with Gasteiger partial charge < -0.3 is 5.11 Å². The van der Waals surface area contributed by atoms with E-state index in [1.54, 1.807) is 0 Å². The molecule has 1 saturated carbocycles. The van der Waals surface area contributed by atoms with Crippen LogP contribution >= 0.6 is 0 Å². The van der Waals surface area contributed by atoms with Gasteiger partial charge in [0, 0.05) is 12.0 Å². The Morgan fingerprint density at radius 1 is 1.67 bits per heavy atom. The van der Waals surface area contributed by atoms with Crippen molar-refractivity contribution >= 4 is 5.78 Å². The number of carbonyl (C=O) groups excluding carboxylic acids is 1. The number of Topliss-reactive ketones (excluding diaryl/α,β-unsaturated/α-hetero) is 1. The molecule has 2 nitrogen and oxygen atoms in total. The van der Waals surface area contributed by atoms with Gasteiger partial charge >= 0.3 is 0 Å². The van der Waals surface area contributed by atoms with Gasteiger partial charge in [0.2, 0.25) is 0 Å². The summed E-state index contributed by atoms with van der Waals surface area (Å²) in [5.41, 5.74) is 0.827. The van der Waals surface area contributed by atoms with Crippen LogP contribution in [-0.4, -0.2) is 10.9 Å². The Kier molecular flexibility index (Phi) is 2.55. The number of allylic oxidation sites excluding steroid dienone is 1. The Morgan fingerprint density at radius 2 is 2.33 bits per heavy atom. The summed E-state index contributed by atoms with van der Waals surface area (Å²) < 4.78 is 0. The second-order valence-corrected chi connectivity index (χ2v) is 3.92. The average Bonchev–Trinajstić information content (AvgIpc) is 2.10. The van der Waals surface area contributed by atoms with Crippen LogP contribution in [0.5, 0.6) is 0 Å². The summed E-state index contributed by atoms with van der Waals surface area (Å²) in [6.07, 6.45) is 4.34. The number of carbonyl (C=O) groups is 1. The van der Waals surface area contributed by atoms with Gasteiger partial charge in [0.25, 0.3) is 0 Å². The second-order valence-electron chi connectivity index (χ2n) is 3.92. The summed E-state index contributed by atoms with van der Waals surface area (Å²) in [5.74, 6) is 0.114. The van der Waals surface area contributed by atoms with Crippen molar-refractivity contribution in [1.82, 2.24) is 0 Å². The van der Waals surface area contributed by atoms with Crippen LogP contribution in [0.25, 0.3) is 0 Å². The van der Waals surface area contributed by atoms with Crippen LogP contribution in [0.4, 0.5) is 0 Å². The fraction of sp³-hybridized carbons (Fsp3) is 0.700. The first-order valence-corrected chi connectivity index (χ1v) is 4.48. The molecule has 0 amide bonds. The second kappa shape index (κ2) is 3.30. The lowest BCUT2D eigenvalue weighted by Gasteiger charge is -2.32. The Balaban J connectivity index is 2.75. The van der Waals surface area contributed by atoms with Crippen LogP contribution < -0.4 is 0 Å². The number of hydrogen-bond donors (Lipinski definition) is 1. The Hall–Kier alpha value is -0.790. The monoisotopic (exact) mass is 168 g/mol. The minimum atomic E-state index is 0.114. The zero-order valence-corrected chi connectivity index (χ0v) is 7.76. The molecular weight excluding hydrogens is 152 g/mol. The molecule has 1 unspecified atom stereocenters. The highest BCUT2D eigenvalue weighted by Gasteiger charge is 2.31. The van der Waals surface area contributed by atoms with Crippen LogP contribution in [0.2, 0.25) is 0 Å². The molecule has 0 radical (unpaired) electrons. The van der Waals surface area contributed by atoms with Crippen LogP contribution in [-0.2, 0) is 4.79 Å². The van der Waals surface area contributed by atoms with E-state index in [1.165, 1.54) is 0 Å². The zero-order valence-electron chi connectivity index (χ0n) is 7.76. The summed E-state index contributed by atoms with van der Waals surface area (Å²) in [6.45, 7) is 4.30. The minimum Gasteiger partial charge on any atom is -0.515 e. The summed E-state index contributed by atoms with van der Waals surface area (Å²) in [5, 5.41) is 8.81. The van der Waals surface area contributed by atoms with E-state index in [0.717, 1.165) is 25.5 Å². The van der Waals surface area contributed by atoms with E-state index in [4.69, 9.17) is 5.11 Å². The summed E-state index contributed by atoms with van der Waals surface area (Å²) in [6, 6.07) is 0. The van der Waals surface area contributed by atoms with Gasteiger partial charge in [-0.1, -0.05) is 20.3 Å². The number of aliphatic hydroxyl groups is 1. The molecule has 1 aliphatic rings. The quantitative estimate of drug-likeness (QED) is 0.482. The van der Waals surface area contributed by atoms with Crippen molar-refractivity contribution in [3.05, 3.63) is 11.8 Å². The van der Waals surface area contributed by atoms with Gasteiger partial charge in [0.05, 0.1) is 6.26 Å². The zero-order chi connectivity index (χ0) is 9.19. The van der Waals surface area contributed by atoms with Crippen LogP contribution in [0.3, 0.4) is 0 Å². The molecule has 0 saturated heterocycles. The molecular formula is C10H16O2. The summed E-state index contributed by atoms with van der Waals surface area (Å²) >= 11 is 0. The average molecular weight is 168 g/mol. The van der Waals surface area contributed by atoms with Crippen molar-refractivity contribution in [2.24, 2.45) is 5.41 Å². The van der Waals surface area contributed by atoms with Crippen LogP contribution in [0.15, 0.2) is 11.8 Å². The predicted octanol–water partition coefficient (Wildman–Crippen LogP) is 2.60. The van der Waals surface area contributed by atoms with Crippen molar-refractivity contribution in [2.45, 2.75) is 39.5 Å². The maximum absolute atomic E-state index is 11.2. The van der Waals surface area contributed by atoms with Crippen molar-refractivity contribution < 1.29 is 9.90 Å². The van der Waals surface area contributed by atoms with Gasteiger partial charge in [0.15, 0.2) is 5.78 Å². The molecule has 0 aliphatic heterocycles. The first kappa shape index (κ1) is 9.30. The highest BCUT2D eigenvalue weighted by Crippen LogP contribution is 2.39. The molecule has 0 aromatic carbocycles. The predicted molar refractivity (Wildman–Crippen MR) is 48.0 cm³/mol. The molecule has 0 aromatic rings. The molecule has 0 aromatic heterocycles. The van der Waals surface area contributed by atoms with Crippen molar-refractivity contribution in [1.29, 1.82) is 0 Å². The Bertz CT molecular complexity index is 218. The first-order valence-electron chi connectivity index (χ1n) is 4.48. The SMILES string of the molecule is CCC1(C)CCC(=O)/C(=C/O)C1. The van der Waals surface area contributed by atoms with Gasteiger partial charge in [0.1, 0.15) is 0 Å². The topological polar surface area (TPSA) is 37.3 Å². The maximum atomic E-state index is 11.2. The molecule has 1 fully saturated rings. The Morgan fingerprint density at radius 3 is 2.83 bits per heavy atom. The van der Waals surface area contributed by atoms with Crippen molar-refractivity contribution in [2.75, 3.05) is 0 Å². The molecule has 0 heterocycles. The molecule has 0 bridgehead atoms. The number of ketones is 1. The normalized spacial score (nSPS) is 34.2. The number of aliphatic hydroxyl groups excluding tert-OH is 1. The lowest BCUT2D eigenvalue weighted by molar-refractivity contribution is -0.118. The fourth-order valence-corrected chi connectivity index (χ4v) is 1.64. The third kappa shape index (κ3) is 1.68. The first-order chi connectivity index (χ1) is 5.61. The van der Waals surface area contributed by atoms with E-state index >= 15 is 0 Å². The molecule has 0 spiro atoms. The summed E-state index contributed by atoms with van der Waals surface area (Å²) in [4.78, 5) is 11.2. The molecule has 12 heavy (non-hydrogen) atoms. The lowest BCUT2D eigenvalue weighted by Crippen LogP contribution is -2.25. The third-order valence-corrected chi connectivity index (χ3v) is 2.94. The molecule has 1 rings (SSSR count). The van der Waals surface area contributed by atoms with E-state index in [-0.39, 0.29) is 11.2 Å². The van der Waals surface area contributed by atoms with Crippen LogP contribution in [0.1, 0.15) is 39.5 Å². The lowest BCUT2D eigenvalue weighted by atomic mass is 9.72. The molecule has 2 heteroatoms. The molecule has 1 atom stereocenters. The standard InChI is InChI=1S/C10H16O2/c1-3-10(2)5-4-9(12)8(6-10)7-11/h7,11H,3-6H2,1-2H3/b8-7+. The van der Waals surface area contributed by atoms with Crippen molar-refractivity contribution in [3.63, 3.8) is 0 Å². The Labute approximate surface area is 73.3 Å². The van der Waals surface area contributed by atoms with Gasteiger partial charge in [-0.25, -0.2) is 0 Å². The van der Waals surface area contributed by atoms with Gasteiger partial charge in [-0.3, -0.25) is 4.79 Å². The van der Waals surface area contributed by atoms with Gasteiger partial charge in [-0.2, -0.15) is 0 Å². The molecule has 1 aliphatic carbocycles. The highest BCUT2D eigenvalue weighted by atomic mass is 16.2. The molecule has 1 N–H and O–H groups in total. The van der Waals surface area contributed by atoms with E-state index in [2.05, 4.69) is 13.8 Å². The third-order valence-electron chi connectivity index (χ3n) is 2.94. The maximum Gasteiger partial charge on any atom is 0.161 e. The molecule has 68 valence electrons. The van der Waals surface area contributed by atoms with E-state index in [1.807, 2.05) is 0 Å². The number of rotatable bonds is 1. The van der Waals surface area contributed by atoms with E-state index in [0.29, 0.717) is 12.0 Å². The summed E-state index contributed by atoms with van der Waals surface area (Å²) in [7, 11) is 0. The van der Waals surface area contributed by atoms with E-state index < -0.39 is 0 Å². The van der Waals surface area contributed by atoms with Crippen molar-refractivity contribution in [3.8, 4) is 0 Å². The van der Waals surface area contributed by atoms with Gasteiger partial charge in [-0.15, -0.1) is 0 Å². The minimum absolute atomic E-state index is 0.114. The largest absolute Gasteiger partial charge is 0.515 e. The van der Waals surface area contributed by atoms with Crippen LogP contribution in [0, 0.1) is 5.41 Å². The van der Waals surface area contributed by atoms with Gasteiger partial charge in [-0.05, 0) is 18.3 Å². The smallest absolute Gasteiger partial charge is 0.161 e. The van der Waals surface area contributed by atoms with E-state index in [9.17, 15) is 4.79 Å².